The van der Waals surface area contributed by atoms with E-state index in [1.165, 1.54) is 0 Å². The maximum Gasteiger partial charge on any atom is 0.253 e. The van der Waals surface area contributed by atoms with Crippen LogP contribution in [0.4, 0.5) is 0 Å². The van der Waals surface area contributed by atoms with Gasteiger partial charge in [0.25, 0.3) is 5.91 Å². The molecule has 4 rings (SSSR count). The Labute approximate surface area is 141 Å². The highest BCUT2D eigenvalue weighted by atomic mass is 16.5. The lowest BCUT2D eigenvalue weighted by Crippen LogP contribution is -2.62. The van der Waals surface area contributed by atoms with Crippen LogP contribution >= 0.6 is 0 Å². The number of aliphatic hydroxyl groups is 1. The number of nitrogens with zero attached hydrogens (tertiary/aromatic N) is 3. The average Bonchev–Trinajstić information content (AvgIpc) is 2.99. The Morgan fingerprint density at radius 2 is 2.12 bits per heavy atom. The van der Waals surface area contributed by atoms with Crippen molar-refractivity contribution >= 4 is 16.9 Å². The third-order valence-electron chi connectivity index (χ3n) is 5.98. The van der Waals surface area contributed by atoms with E-state index in [1.807, 2.05) is 34.7 Å². The van der Waals surface area contributed by atoms with Crippen molar-refractivity contribution in [1.29, 1.82) is 0 Å². The minimum absolute atomic E-state index is 0.0418. The molecule has 6 heteroatoms. The fourth-order valence-electron chi connectivity index (χ4n) is 4.29. The minimum atomic E-state index is -0.301. The second-order valence-corrected chi connectivity index (χ2v) is 7.06. The summed E-state index contributed by atoms with van der Waals surface area (Å²) < 4.78 is 7.45. The van der Waals surface area contributed by atoms with Crippen molar-refractivity contribution in [2.75, 3.05) is 20.2 Å². The third kappa shape index (κ3) is 2.17. The average molecular weight is 329 g/mol. The molecule has 0 unspecified atom stereocenters. The predicted octanol–water partition coefficient (Wildman–Crippen LogP) is 1.58. The SMILES string of the molecule is CO[C@H]1C[C@@H](O)C12CCN(C(=O)c1ccc3c(c1)ncn3C)CC2. The van der Waals surface area contributed by atoms with Crippen molar-refractivity contribution < 1.29 is 14.6 Å². The predicted molar refractivity (Wildman–Crippen MR) is 89.7 cm³/mol. The molecule has 2 aromatic rings. The van der Waals surface area contributed by atoms with Crippen LogP contribution in [0.15, 0.2) is 24.5 Å². The van der Waals surface area contributed by atoms with E-state index in [4.69, 9.17) is 4.74 Å². The van der Waals surface area contributed by atoms with Gasteiger partial charge in [-0.1, -0.05) is 0 Å². The number of methoxy groups -OCH3 is 1. The lowest BCUT2D eigenvalue weighted by atomic mass is 9.58. The van der Waals surface area contributed by atoms with Gasteiger partial charge in [-0.25, -0.2) is 4.98 Å². The lowest BCUT2D eigenvalue weighted by Gasteiger charge is -2.56. The molecule has 24 heavy (non-hydrogen) atoms. The molecule has 1 aliphatic heterocycles. The molecule has 1 aromatic carbocycles. The number of aromatic nitrogens is 2. The zero-order chi connectivity index (χ0) is 16.9. The van der Waals surface area contributed by atoms with Crippen molar-refractivity contribution in [2.24, 2.45) is 12.5 Å². The topological polar surface area (TPSA) is 67.6 Å². The minimum Gasteiger partial charge on any atom is -0.392 e. The first-order valence-corrected chi connectivity index (χ1v) is 8.46. The van der Waals surface area contributed by atoms with E-state index in [0.29, 0.717) is 25.1 Å². The molecule has 1 N–H and O–H groups in total. The van der Waals surface area contributed by atoms with Crippen LogP contribution in [0.2, 0.25) is 0 Å². The fourth-order valence-corrected chi connectivity index (χ4v) is 4.29. The second-order valence-electron chi connectivity index (χ2n) is 7.06. The molecule has 0 bridgehead atoms. The number of carbonyl (C=O) groups is 1. The van der Waals surface area contributed by atoms with Crippen LogP contribution in [0, 0.1) is 5.41 Å². The fraction of sp³-hybridized carbons (Fsp3) is 0.556. The van der Waals surface area contributed by atoms with Gasteiger partial charge in [-0.3, -0.25) is 4.79 Å². The normalized spacial score (nSPS) is 25.9. The quantitative estimate of drug-likeness (QED) is 0.908. The molecular weight excluding hydrogens is 306 g/mol. The van der Waals surface area contributed by atoms with Gasteiger partial charge in [0, 0.05) is 44.6 Å². The molecule has 1 saturated heterocycles. The van der Waals surface area contributed by atoms with Gasteiger partial charge in [0.2, 0.25) is 0 Å². The molecule has 2 fully saturated rings. The first kappa shape index (κ1) is 15.6. The number of hydrogen-bond donors (Lipinski definition) is 1. The molecule has 1 amide bonds. The number of fused-ring (bicyclic) bond motifs is 1. The van der Waals surface area contributed by atoms with Gasteiger partial charge in [-0.15, -0.1) is 0 Å². The molecule has 2 heterocycles. The summed E-state index contributed by atoms with van der Waals surface area (Å²) in [5, 5.41) is 10.2. The molecule has 1 saturated carbocycles. The van der Waals surface area contributed by atoms with Gasteiger partial charge in [0.15, 0.2) is 0 Å². The van der Waals surface area contributed by atoms with E-state index >= 15 is 0 Å². The summed E-state index contributed by atoms with van der Waals surface area (Å²) in [5.74, 6) is 0.0418. The van der Waals surface area contributed by atoms with Crippen LogP contribution in [0.1, 0.15) is 29.6 Å². The Kier molecular flexibility index (Phi) is 3.62. The summed E-state index contributed by atoms with van der Waals surface area (Å²) in [6, 6.07) is 5.67. The summed E-state index contributed by atoms with van der Waals surface area (Å²) in [4.78, 5) is 19.0. The number of benzene rings is 1. The van der Waals surface area contributed by atoms with E-state index in [9.17, 15) is 9.90 Å². The second kappa shape index (κ2) is 5.57. The Balaban J connectivity index is 1.49. The van der Waals surface area contributed by atoms with Gasteiger partial charge < -0.3 is 19.3 Å². The Bertz CT molecular complexity index is 777. The number of piperidine rings is 1. The summed E-state index contributed by atoms with van der Waals surface area (Å²) in [6.45, 7) is 1.33. The third-order valence-corrected chi connectivity index (χ3v) is 5.98. The summed E-state index contributed by atoms with van der Waals surface area (Å²) in [7, 11) is 3.65. The summed E-state index contributed by atoms with van der Waals surface area (Å²) >= 11 is 0. The van der Waals surface area contributed by atoms with Crippen molar-refractivity contribution in [2.45, 2.75) is 31.5 Å². The molecule has 1 aromatic heterocycles. The number of amides is 1. The Morgan fingerprint density at radius 3 is 2.79 bits per heavy atom. The molecule has 6 nitrogen and oxygen atoms in total. The Morgan fingerprint density at radius 1 is 1.38 bits per heavy atom. The van der Waals surface area contributed by atoms with Crippen LogP contribution < -0.4 is 0 Å². The van der Waals surface area contributed by atoms with E-state index < -0.39 is 0 Å². The van der Waals surface area contributed by atoms with Crippen LogP contribution in [0.3, 0.4) is 0 Å². The molecule has 0 radical (unpaired) electrons. The Hall–Kier alpha value is -1.92. The first-order chi connectivity index (χ1) is 11.5. The zero-order valence-electron chi connectivity index (χ0n) is 14.1. The van der Waals surface area contributed by atoms with Gasteiger partial charge in [-0.2, -0.15) is 0 Å². The van der Waals surface area contributed by atoms with Crippen molar-refractivity contribution in [3.8, 4) is 0 Å². The van der Waals surface area contributed by atoms with Crippen LogP contribution in [0.25, 0.3) is 11.0 Å². The molecule has 1 spiro atoms. The van der Waals surface area contributed by atoms with Gasteiger partial charge in [-0.05, 0) is 31.0 Å². The van der Waals surface area contributed by atoms with Gasteiger partial charge in [0.05, 0.1) is 29.6 Å². The number of imidazole rings is 1. The highest BCUT2D eigenvalue weighted by Gasteiger charge is 2.56. The number of ether oxygens (including phenoxy) is 1. The van der Waals surface area contributed by atoms with Gasteiger partial charge >= 0.3 is 0 Å². The van der Waals surface area contributed by atoms with E-state index in [0.717, 1.165) is 23.9 Å². The van der Waals surface area contributed by atoms with Crippen LogP contribution in [0.5, 0.6) is 0 Å². The van der Waals surface area contributed by atoms with Crippen LogP contribution in [-0.4, -0.2) is 57.9 Å². The number of hydrogen-bond acceptors (Lipinski definition) is 4. The van der Waals surface area contributed by atoms with Crippen molar-refractivity contribution in [3.05, 3.63) is 30.1 Å². The van der Waals surface area contributed by atoms with E-state index in [-0.39, 0.29) is 23.5 Å². The summed E-state index contributed by atoms with van der Waals surface area (Å²) in [5.41, 5.74) is 2.38. The maximum absolute atomic E-state index is 12.8. The molecule has 1 aliphatic carbocycles. The number of rotatable bonds is 2. The highest BCUT2D eigenvalue weighted by molar-refractivity contribution is 5.97. The lowest BCUT2D eigenvalue weighted by molar-refractivity contribution is -0.199. The molecule has 128 valence electrons. The van der Waals surface area contributed by atoms with Crippen LogP contribution in [-0.2, 0) is 11.8 Å². The smallest absolute Gasteiger partial charge is 0.253 e. The highest BCUT2D eigenvalue weighted by Crippen LogP contribution is 2.50. The van der Waals surface area contributed by atoms with E-state index in [1.54, 1.807) is 13.4 Å². The van der Waals surface area contributed by atoms with Gasteiger partial charge in [0.1, 0.15) is 0 Å². The number of aliphatic hydroxyl groups excluding tert-OH is 1. The standard InChI is InChI=1S/C18H23N3O3/c1-20-11-19-13-9-12(3-4-14(13)20)17(23)21-7-5-18(6-8-21)15(22)10-16(18)24-2/h3-4,9,11,15-16,22H,5-8,10H2,1-2H3/t15-,16+/m1/s1. The number of aryl methyl sites for hydroxylation is 1. The molecular formula is C18H23N3O3. The maximum atomic E-state index is 12.8. The van der Waals surface area contributed by atoms with Crippen molar-refractivity contribution in [3.63, 3.8) is 0 Å². The number of carbonyl (C=O) groups excluding carboxylic acids is 1. The number of likely N-dealkylation sites (tertiary alicyclic amines) is 1. The monoisotopic (exact) mass is 329 g/mol. The van der Waals surface area contributed by atoms with E-state index in [2.05, 4.69) is 4.98 Å². The zero-order valence-corrected chi connectivity index (χ0v) is 14.1. The summed E-state index contributed by atoms with van der Waals surface area (Å²) in [6.07, 6.45) is 3.88. The molecule has 2 aliphatic rings. The largest absolute Gasteiger partial charge is 0.392 e. The van der Waals surface area contributed by atoms with Crippen molar-refractivity contribution in [1.82, 2.24) is 14.5 Å². The molecule has 2 atom stereocenters. The first-order valence-electron chi connectivity index (χ1n) is 8.46.